The highest BCUT2D eigenvalue weighted by atomic mass is 16.5. The fraction of sp³-hybridized carbons (Fsp3) is 0.250. The van der Waals surface area contributed by atoms with Gasteiger partial charge in [-0.15, -0.1) is 0 Å². The van der Waals surface area contributed by atoms with Crippen LogP contribution in [0.3, 0.4) is 0 Å². The Morgan fingerprint density at radius 2 is 1.76 bits per heavy atom. The lowest BCUT2D eigenvalue weighted by molar-refractivity contribution is 0.0469. The third-order valence-corrected chi connectivity index (χ3v) is 3.01. The summed E-state index contributed by atoms with van der Waals surface area (Å²) < 4.78 is 15.1. The van der Waals surface area contributed by atoms with Gasteiger partial charge in [0.25, 0.3) is 0 Å². The van der Waals surface area contributed by atoms with Crippen molar-refractivity contribution in [3.8, 4) is 0 Å². The summed E-state index contributed by atoms with van der Waals surface area (Å²) in [4.78, 5) is 23.2. The first-order valence-corrected chi connectivity index (χ1v) is 6.42. The van der Waals surface area contributed by atoms with Gasteiger partial charge in [-0.05, 0) is 37.6 Å². The van der Waals surface area contributed by atoms with Crippen LogP contribution in [0.25, 0.3) is 0 Å². The van der Waals surface area contributed by atoms with Gasteiger partial charge in [0.1, 0.15) is 23.7 Å². The quantitative estimate of drug-likeness (QED) is 0.809. The van der Waals surface area contributed by atoms with Crippen molar-refractivity contribution in [2.75, 3.05) is 7.11 Å². The molecule has 0 radical (unpaired) electrons. The molecule has 2 rings (SSSR count). The first-order chi connectivity index (χ1) is 10.0. The molecule has 0 amide bonds. The maximum Gasteiger partial charge on any atom is 0.342 e. The van der Waals surface area contributed by atoms with Crippen molar-refractivity contribution in [1.29, 1.82) is 0 Å². The average Bonchev–Trinajstić information content (AvgIpc) is 2.83. The summed E-state index contributed by atoms with van der Waals surface area (Å²) in [5.74, 6) is 0.379. The van der Waals surface area contributed by atoms with Crippen molar-refractivity contribution in [2.45, 2.75) is 20.5 Å². The average molecular weight is 288 g/mol. The minimum absolute atomic E-state index is 0.129. The fourth-order valence-electron chi connectivity index (χ4n) is 1.92. The SMILES string of the molecule is COC(=O)c1ccc(COC(=O)c2cc(C)oc2C)cc1. The van der Waals surface area contributed by atoms with E-state index in [9.17, 15) is 9.59 Å². The molecule has 0 bridgehead atoms. The molecule has 1 heterocycles. The van der Waals surface area contributed by atoms with Crippen molar-refractivity contribution in [3.05, 3.63) is 58.5 Å². The molecule has 2 aromatic rings. The molecule has 0 aliphatic heterocycles. The van der Waals surface area contributed by atoms with E-state index in [0.29, 0.717) is 22.6 Å². The summed E-state index contributed by atoms with van der Waals surface area (Å²) in [6.07, 6.45) is 0. The molecule has 110 valence electrons. The van der Waals surface area contributed by atoms with Crippen LogP contribution in [-0.2, 0) is 16.1 Å². The van der Waals surface area contributed by atoms with Gasteiger partial charge in [0.2, 0.25) is 0 Å². The lowest BCUT2D eigenvalue weighted by Crippen LogP contribution is -2.06. The van der Waals surface area contributed by atoms with Crippen molar-refractivity contribution in [2.24, 2.45) is 0 Å². The Balaban J connectivity index is 1.98. The minimum Gasteiger partial charge on any atom is -0.466 e. The van der Waals surface area contributed by atoms with Crippen LogP contribution in [-0.4, -0.2) is 19.0 Å². The van der Waals surface area contributed by atoms with E-state index in [4.69, 9.17) is 9.15 Å². The van der Waals surface area contributed by atoms with Crippen LogP contribution in [0.2, 0.25) is 0 Å². The molecule has 5 heteroatoms. The predicted molar refractivity (Wildman–Crippen MR) is 75.1 cm³/mol. The van der Waals surface area contributed by atoms with E-state index in [1.807, 2.05) is 0 Å². The molecule has 0 aliphatic carbocycles. The number of benzene rings is 1. The normalized spacial score (nSPS) is 10.2. The number of methoxy groups -OCH3 is 1. The highest BCUT2D eigenvalue weighted by Crippen LogP contribution is 2.16. The van der Waals surface area contributed by atoms with E-state index in [1.165, 1.54) is 7.11 Å². The molecule has 1 aromatic carbocycles. The van der Waals surface area contributed by atoms with Crippen LogP contribution in [0.4, 0.5) is 0 Å². The van der Waals surface area contributed by atoms with Gasteiger partial charge in [-0.2, -0.15) is 0 Å². The van der Waals surface area contributed by atoms with Crippen LogP contribution in [0.15, 0.2) is 34.7 Å². The molecule has 1 aromatic heterocycles. The molecule has 0 aliphatic rings. The van der Waals surface area contributed by atoms with E-state index in [1.54, 1.807) is 44.2 Å². The van der Waals surface area contributed by atoms with Gasteiger partial charge in [-0.25, -0.2) is 9.59 Å². The van der Waals surface area contributed by atoms with Crippen molar-refractivity contribution in [1.82, 2.24) is 0 Å². The van der Waals surface area contributed by atoms with Gasteiger partial charge < -0.3 is 13.9 Å². The highest BCUT2D eigenvalue weighted by molar-refractivity contribution is 5.90. The Morgan fingerprint density at radius 1 is 1.10 bits per heavy atom. The molecule has 5 nitrogen and oxygen atoms in total. The van der Waals surface area contributed by atoms with Gasteiger partial charge in [0, 0.05) is 0 Å². The Kier molecular flexibility index (Phi) is 4.42. The van der Waals surface area contributed by atoms with Crippen molar-refractivity contribution >= 4 is 11.9 Å². The van der Waals surface area contributed by atoms with Gasteiger partial charge in [0.05, 0.1) is 12.7 Å². The molecule has 0 fully saturated rings. The largest absolute Gasteiger partial charge is 0.466 e. The number of carbonyl (C=O) groups excluding carboxylic acids is 2. The Bertz CT molecular complexity index is 652. The highest BCUT2D eigenvalue weighted by Gasteiger charge is 2.15. The second-order valence-corrected chi connectivity index (χ2v) is 4.59. The molecule has 21 heavy (non-hydrogen) atoms. The van der Waals surface area contributed by atoms with E-state index < -0.39 is 11.9 Å². The van der Waals surface area contributed by atoms with Crippen molar-refractivity contribution < 1.29 is 23.5 Å². The first-order valence-electron chi connectivity index (χ1n) is 6.42. The summed E-state index contributed by atoms with van der Waals surface area (Å²) in [7, 11) is 1.33. The summed E-state index contributed by atoms with van der Waals surface area (Å²) in [5.41, 5.74) is 1.67. The van der Waals surface area contributed by atoms with Crippen LogP contribution < -0.4 is 0 Å². The summed E-state index contributed by atoms with van der Waals surface area (Å²) in [6.45, 7) is 3.62. The maximum absolute atomic E-state index is 11.9. The second-order valence-electron chi connectivity index (χ2n) is 4.59. The molecule has 0 atom stereocenters. The predicted octanol–water partition coefficient (Wildman–Crippen LogP) is 3.04. The smallest absolute Gasteiger partial charge is 0.342 e. The Labute approximate surface area is 122 Å². The van der Waals surface area contributed by atoms with Crippen molar-refractivity contribution in [3.63, 3.8) is 0 Å². The van der Waals surface area contributed by atoms with Crippen LogP contribution in [0, 0.1) is 13.8 Å². The molecule has 0 unspecified atom stereocenters. The maximum atomic E-state index is 11.9. The zero-order valence-corrected chi connectivity index (χ0v) is 12.1. The monoisotopic (exact) mass is 288 g/mol. The number of ether oxygens (including phenoxy) is 2. The molecule has 0 spiro atoms. The number of rotatable bonds is 4. The van der Waals surface area contributed by atoms with Crippen LogP contribution in [0.1, 0.15) is 37.8 Å². The molecular weight excluding hydrogens is 272 g/mol. The van der Waals surface area contributed by atoms with Crippen LogP contribution >= 0.6 is 0 Å². The number of hydrogen-bond acceptors (Lipinski definition) is 5. The standard InChI is InChI=1S/C16H16O5/c1-10-8-14(11(2)21-10)16(18)20-9-12-4-6-13(7-5-12)15(17)19-3/h4-8H,9H2,1-3H3. The Hall–Kier alpha value is -2.56. The molecule has 0 saturated carbocycles. The van der Waals surface area contributed by atoms with Gasteiger partial charge in [-0.1, -0.05) is 12.1 Å². The molecular formula is C16H16O5. The lowest BCUT2D eigenvalue weighted by atomic mass is 10.1. The van der Waals surface area contributed by atoms with E-state index >= 15 is 0 Å². The minimum atomic E-state index is -0.429. The summed E-state index contributed by atoms with van der Waals surface area (Å²) >= 11 is 0. The van der Waals surface area contributed by atoms with Gasteiger partial charge in [0.15, 0.2) is 0 Å². The number of hydrogen-bond donors (Lipinski definition) is 0. The van der Waals surface area contributed by atoms with Crippen LogP contribution in [0.5, 0.6) is 0 Å². The van der Waals surface area contributed by atoms with E-state index in [0.717, 1.165) is 5.56 Å². The number of furan rings is 1. The zero-order valence-electron chi connectivity index (χ0n) is 12.1. The zero-order chi connectivity index (χ0) is 15.4. The second kappa shape index (κ2) is 6.26. The number of carbonyl (C=O) groups is 2. The summed E-state index contributed by atoms with van der Waals surface area (Å²) in [6, 6.07) is 8.34. The summed E-state index contributed by atoms with van der Waals surface area (Å²) in [5, 5.41) is 0. The number of aryl methyl sites for hydroxylation is 2. The van der Waals surface area contributed by atoms with E-state index in [2.05, 4.69) is 4.74 Å². The van der Waals surface area contributed by atoms with Gasteiger partial charge in [-0.3, -0.25) is 0 Å². The van der Waals surface area contributed by atoms with E-state index in [-0.39, 0.29) is 6.61 Å². The fourth-order valence-corrected chi connectivity index (χ4v) is 1.92. The molecule has 0 N–H and O–H groups in total. The first kappa shape index (κ1) is 14.8. The topological polar surface area (TPSA) is 65.7 Å². The third kappa shape index (κ3) is 3.51. The molecule has 0 saturated heterocycles. The van der Waals surface area contributed by atoms with Gasteiger partial charge >= 0.3 is 11.9 Å². The Morgan fingerprint density at radius 3 is 2.29 bits per heavy atom. The number of esters is 2. The lowest BCUT2D eigenvalue weighted by Gasteiger charge is -2.05. The third-order valence-electron chi connectivity index (χ3n) is 3.01.